The minimum absolute atomic E-state index is 0.0383. The van der Waals surface area contributed by atoms with E-state index in [2.05, 4.69) is 15.6 Å². The fraction of sp³-hybridized carbons (Fsp3) is 0.769. The van der Waals surface area contributed by atoms with Crippen LogP contribution in [0.25, 0.3) is 0 Å². The Morgan fingerprint density at radius 3 is 2.22 bits per heavy atom. The van der Waals surface area contributed by atoms with Crippen molar-refractivity contribution in [2.24, 2.45) is 22.2 Å². The first-order chi connectivity index (χ1) is 10.7. The van der Waals surface area contributed by atoms with Gasteiger partial charge < -0.3 is 38.0 Å². The summed E-state index contributed by atoms with van der Waals surface area (Å²) in [5.41, 5.74) is 14.8. The van der Waals surface area contributed by atoms with Crippen molar-refractivity contribution in [3.8, 4) is 0 Å². The van der Waals surface area contributed by atoms with Crippen molar-refractivity contribution in [2.75, 3.05) is 26.7 Å². The number of carboxylic acids is 2. The summed E-state index contributed by atoms with van der Waals surface area (Å²) in [6, 6.07) is -0.519. The molecule has 0 saturated carbocycles. The van der Waals surface area contributed by atoms with Crippen LogP contribution in [0, 0.1) is 0 Å². The highest BCUT2D eigenvalue weighted by Gasteiger charge is 2.34. The molecule has 1 rings (SSSR count). The van der Waals surface area contributed by atoms with Gasteiger partial charge in [0.1, 0.15) is 11.6 Å². The van der Waals surface area contributed by atoms with Gasteiger partial charge in [-0.2, -0.15) is 0 Å². The van der Waals surface area contributed by atoms with Gasteiger partial charge in [-0.25, -0.2) is 0 Å². The first-order valence-electron chi connectivity index (χ1n) is 7.41. The molecule has 10 heteroatoms. The minimum atomic E-state index is -0.967. The second-order valence-electron chi connectivity index (χ2n) is 5.34. The highest BCUT2D eigenvalue weighted by Crippen LogP contribution is 2.14. The molecule has 1 aliphatic rings. The van der Waals surface area contributed by atoms with Crippen LogP contribution in [0.4, 0.5) is 0 Å². The van der Waals surface area contributed by atoms with Gasteiger partial charge >= 0.3 is 11.9 Å². The molecule has 23 heavy (non-hydrogen) atoms. The number of guanidine groups is 1. The van der Waals surface area contributed by atoms with E-state index in [0.717, 1.165) is 0 Å². The molecule has 1 saturated heterocycles. The Morgan fingerprint density at radius 2 is 1.87 bits per heavy atom. The van der Waals surface area contributed by atoms with Gasteiger partial charge in [0, 0.05) is 6.54 Å². The van der Waals surface area contributed by atoms with Crippen LogP contribution in [0.1, 0.15) is 25.7 Å². The molecule has 1 heterocycles. The molecule has 1 atom stereocenters. The zero-order valence-corrected chi connectivity index (χ0v) is 13.4. The Morgan fingerprint density at radius 1 is 1.30 bits per heavy atom. The third-order valence-electron chi connectivity index (χ3n) is 3.51. The topological polar surface area (TPSA) is 189 Å². The predicted molar refractivity (Wildman–Crippen MR) is 87.1 cm³/mol. The second kappa shape index (κ2) is 10.8. The van der Waals surface area contributed by atoms with Crippen LogP contribution in [0.2, 0.25) is 0 Å². The fourth-order valence-corrected chi connectivity index (χ4v) is 1.98. The molecule has 134 valence electrons. The van der Waals surface area contributed by atoms with Crippen molar-refractivity contribution in [3.05, 3.63) is 0 Å². The number of aliphatic imine (C=N–C) groups is 1. The zero-order valence-electron chi connectivity index (χ0n) is 13.4. The number of nitrogens with two attached hydrogens (primary N) is 3. The summed E-state index contributed by atoms with van der Waals surface area (Å²) < 4.78 is 0. The number of nitrogens with zero attached hydrogens (tertiary/aromatic N) is 1. The van der Waals surface area contributed by atoms with Gasteiger partial charge in [-0.15, -0.1) is 0 Å². The first-order valence-corrected chi connectivity index (χ1v) is 7.41. The highest BCUT2D eigenvalue weighted by molar-refractivity contribution is 5.78. The lowest BCUT2D eigenvalue weighted by atomic mass is 9.90. The Balaban J connectivity index is 0.000000433. The van der Waals surface area contributed by atoms with E-state index in [-0.39, 0.29) is 5.96 Å². The largest absolute Gasteiger partial charge is 0.480 e. The average Bonchev–Trinajstić information content (AvgIpc) is 2.48. The minimum Gasteiger partial charge on any atom is -0.480 e. The summed E-state index contributed by atoms with van der Waals surface area (Å²) in [4.78, 5) is 24.8. The molecule has 1 fully saturated rings. The Kier molecular flexibility index (Phi) is 9.86. The number of rotatable bonds is 7. The smallest absolute Gasteiger partial charge is 0.323 e. The molecular formula is C13H28N6O4. The molecular weight excluding hydrogens is 304 g/mol. The second-order valence-corrected chi connectivity index (χ2v) is 5.34. The number of carbonyl (C=O) groups is 2. The molecule has 0 radical (unpaired) electrons. The van der Waals surface area contributed by atoms with Crippen LogP contribution in [0.3, 0.4) is 0 Å². The molecule has 0 unspecified atom stereocenters. The van der Waals surface area contributed by atoms with Crippen LogP contribution in [-0.4, -0.2) is 66.4 Å². The maximum atomic E-state index is 10.5. The molecule has 0 aliphatic carbocycles. The number of piperidine rings is 1. The quantitative estimate of drug-likeness (QED) is 0.155. The maximum absolute atomic E-state index is 10.5. The van der Waals surface area contributed by atoms with Gasteiger partial charge in [-0.3, -0.25) is 14.6 Å². The summed E-state index contributed by atoms with van der Waals surface area (Å²) in [6.07, 6.45) is 2.23. The van der Waals surface area contributed by atoms with Crippen LogP contribution in [-0.2, 0) is 9.59 Å². The lowest BCUT2D eigenvalue weighted by Crippen LogP contribution is -2.54. The number of hydrogen-bond donors (Lipinski definition) is 7. The van der Waals surface area contributed by atoms with Crippen molar-refractivity contribution in [3.63, 3.8) is 0 Å². The fourth-order valence-electron chi connectivity index (χ4n) is 1.98. The summed E-state index contributed by atoms with van der Waals surface area (Å²) in [5, 5.41) is 23.0. The third kappa shape index (κ3) is 8.96. The van der Waals surface area contributed by atoms with E-state index in [4.69, 9.17) is 27.4 Å². The summed E-state index contributed by atoms with van der Waals surface area (Å²) in [5.74, 6) is -1.70. The summed E-state index contributed by atoms with van der Waals surface area (Å²) in [6.45, 7) is 1.89. The van der Waals surface area contributed by atoms with Crippen LogP contribution >= 0.6 is 0 Å². The van der Waals surface area contributed by atoms with Crippen molar-refractivity contribution < 1.29 is 19.8 Å². The molecule has 0 bridgehead atoms. The van der Waals surface area contributed by atoms with Crippen molar-refractivity contribution >= 4 is 17.9 Å². The monoisotopic (exact) mass is 332 g/mol. The molecule has 10 N–H and O–H groups in total. The Labute approximate surface area is 135 Å². The molecule has 1 aliphatic heterocycles. The number of carboxylic acid groups (broad SMARTS) is 2. The molecule has 0 amide bonds. The van der Waals surface area contributed by atoms with E-state index in [1.54, 1.807) is 7.05 Å². The van der Waals surface area contributed by atoms with E-state index in [9.17, 15) is 9.59 Å². The van der Waals surface area contributed by atoms with Crippen molar-refractivity contribution in [1.29, 1.82) is 0 Å². The summed E-state index contributed by atoms with van der Waals surface area (Å²) in [7, 11) is 1.61. The molecule has 0 aromatic rings. The number of likely N-dealkylation sites (N-methyl/N-ethyl adjacent to an activating group) is 1. The lowest BCUT2D eigenvalue weighted by Gasteiger charge is -2.29. The molecule has 0 aromatic heterocycles. The summed E-state index contributed by atoms with van der Waals surface area (Å²) >= 11 is 0. The third-order valence-corrected chi connectivity index (χ3v) is 3.51. The van der Waals surface area contributed by atoms with Gasteiger partial charge in [0.15, 0.2) is 5.96 Å². The number of aliphatic carboxylic acids is 2. The highest BCUT2D eigenvalue weighted by atomic mass is 16.4. The van der Waals surface area contributed by atoms with Crippen LogP contribution in [0.15, 0.2) is 4.99 Å². The molecule has 0 aromatic carbocycles. The number of nitrogens with one attached hydrogen (secondary N) is 2. The zero-order chi connectivity index (χ0) is 17.9. The van der Waals surface area contributed by atoms with Crippen LogP contribution < -0.4 is 27.8 Å². The van der Waals surface area contributed by atoms with Gasteiger partial charge in [-0.05, 0) is 45.8 Å². The molecule has 0 spiro atoms. The van der Waals surface area contributed by atoms with E-state index < -0.39 is 23.5 Å². The first kappa shape index (κ1) is 21.1. The van der Waals surface area contributed by atoms with Crippen molar-refractivity contribution in [1.82, 2.24) is 10.6 Å². The maximum Gasteiger partial charge on any atom is 0.323 e. The van der Waals surface area contributed by atoms with E-state index >= 15 is 0 Å². The normalized spacial score (nSPS) is 17.3. The van der Waals surface area contributed by atoms with Gasteiger partial charge in [0.25, 0.3) is 0 Å². The predicted octanol–water partition coefficient (Wildman–Crippen LogP) is -2.14. The van der Waals surface area contributed by atoms with Crippen LogP contribution in [0.5, 0.6) is 0 Å². The molecule has 10 nitrogen and oxygen atoms in total. The van der Waals surface area contributed by atoms with E-state index in [1.165, 1.54) is 0 Å². The lowest BCUT2D eigenvalue weighted by molar-refractivity contribution is -0.144. The standard InChI is InChI=1S/C7H16N4O2.C6H12N2O2/c1-10-5(6(12)13)3-2-4-11-7(8)9;7-6(5(9)10)1-3-8-4-2-6/h5,10H,2-4H2,1H3,(H,12,13)(H4,8,9,11);8H,1-4,7H2,(H,9,10)/t5-;/m0./s1. The Hall–Kier alpha value is -1.91. The average molecular weight is 332 g/mol. The number of hydrogen-bond acceptors (Lipinski definition) is 6. The van der Waals surface area contributed by atoms with Gasteiger partial charge in [-0.1, -0.05) is 0 Å². The van der Waals surface area contributed by atoms with Crippen molar-refractivity contribution in [2.45, 2.75) is 37.3 Å². The van der Waals surface area contributed by atoms with E-state index in [1.807, 2.05) is 0 Å². The SMILES string of the molecule is CN[C@@H](CCCN=C(N)N)C(=O)O.NC1(C(=O)O)CCNCC1. The van der Waals surface area contributed by atoms with E-state index in [0.29, 0.717) is 45.3 Å². The van der Waals surface area contributed by atoms with Gasteiger partial charge in [0.2, 0.25) is 0 Å². The Bertz CT molecular complexity index is 405. The van der Waals surface area contributed by atoms with Gasteiger partial charge in [0.05, 0.1) is 0 Å².